The van der Waals surface area contributed by atoms with Crippen LogP contribution in [0.1, 0.15) is 15.9 Å². The second-order valence-electron chi connectivity index (χ2n) is 4.32. The van der Waals surface area contributed by atoms with Crippen LogP contribution in [0.3, 0.4) is 0 Å². The van der Waals surface area contributed by atoms with E-state index in [9.17, 15) is 4.79 Å². The highest BCUT2D eigenvalue weighted by atomic mass is 16.1. The highest BCUT2D eigenvalue weighted by Gasteiger charge is 2.04. The second kappa shape index (κ2) is 4.49. The molecule has 0 aliphatic rings. The van der Waals surface area contributed by atoms with Gasteiger partial charge in [-0.25, -0.2) is 0 Å². The molecule has 1 aromatic heterocycles. The Kier molecular flexibility index (Phi) is 2.69. The van der Waals surface area contributed by atoms with Gasteiger partial charge in [0.05, 0.1) is 0 Å². The number of carbonyl (C=O) groups is 1. The molecule has 0 radical (unpaired) electrons. The Morgan fingerprint density at radius 3 is 2.61 bits per heavy atom. The van der Waals surface area contributed by atoms with E-state index in [0.29, 0.717) is 0 Å². The molecule has 2 nitrogen and oxygen atoms in total. The number of aromatic nitrogens is 1. The van der Waals surface area contributed by atoms with Gasteiger partial charge in [0.25, 0.3) is 0 Å². The molecule has 88 valence electrons. The molecule has 0 aliphatic carbocycles. The number of fused-ring (bicyclic) bond motifs is 1. The van der Waals surface area contributed by atoms with E-state index in [4.69, 9.17) is 0 Å². The summed E-state index contributed by atoms with van der Waals surface area (Å²) < 4.78 is 2.16. The molecule has 3 aromatic rings. The van der Waals surface area contributed by atoms with E-state index < -0.39 is 0 Å². The zero-order valence-electron chi connectivity index (χ0n) is 9.91. The topological polar surface area (TPSA) is 22.0 Å². The molecule has 0 bridgehead atoms. The van der Waals surface area contributed by atoms with Crippen LogP contribution in [-0.4, -0.2) is 10.9 Å². The van der Waals surface area contributed by atoms with Crippen LogP contribution >= 0.6 is 0 Å². The van der Waals surface area contributed by atoms with E-state index in [1.54, 1.807) is 0 Å². The molecule has 0 fully saturated rings. The molecule has 0 atom stereocenters. The zero-order chi connectivity index (χ0) is 12.4. The van der Waals surface area contributed by atoms with Crippen molar-refractivity contribution < 1.29 is 4.79 Å². The zero-order valence-corrected chi connectivity index (χ0v) is 9.91. The number of benzene rings is 2. The number of para-hydroxylation sites is 1. The molecule has 0 spiro atoms. The van der Waals surface area contributed by atoms with Crippen LogP contribution in [0, 0.1) is 0 Å². The predicted molar refractivity (Wildman–Crippen MR) is 72.9 cm³/mol. The van der Waals surface area contributed by atoms with Crippen molar-refractivity contribution in [1.82, 2.24) is 4.57 Å². The van der Waals surface area contributed by atoms with E-state index in [-0.39, 0.29) is 0 Å². The summed E-state index contributed by atoms with van der Waals surface area (Å²) >= 11 is 0. The Balaban J connectivity index is 2.04. The standard InChI is InChI=1S/C16H13NO/c18-12-15-7-2-1-6-14(15)11-17-10-9-13-5-3-4-8-16(13)17/h1-10,12H,11H2. The molecular formula is C16H13NO. The summed E-state index contributed by atoms with van der Waals surface area (Å²) in [6.45, 7) is 0.725. The van der Waals surface area contributed by atoms with Crippen molar-refractivity contribution in [3.05, 3.63) is 71.9 Å². The molecule has 0 unspecified atom stereocenters. The summed E-state index contributed by atoms with van der Waals surface area (Å²) in [4.78, 5) is 11.0. The van der Waals surface area contributed by atoms with Crippen molar-refractivity contribution in [2.45, 2.75) is 6.54 Å². The predicted octanol–water partition coefficient (Wildman–Crippen LogP) is 3.50. The Morgan fingerprint density at radius 1 is 0.944 bits per heavy atom. The maximum atomic E-state index is 11.0. The minimum absolute atomic E-state index is 0.725. The molecule has 18 heavy (non-hydrogen) atoms. The first-order valence-electron chi connectivity index (χ1n) is 5.95. The summed E-state index contributed by atoms with van der Waals surface area (Å²) in [5.41, 5.74) is 3.00. The monoisotopic (exact) mass is 235 g/mol. The molecule has 0 amide bonds. The van der Waals surface area contributed by atoms with E-state index in [1.165, 1.54) is 10.9 Å². The van der Waals surface area contributed by atoms with Gasteiger partial charge in [-0.2, -0.15) is 0 Å². The van der Waals surface area contributed by atoms with Gasteiger partial charge in [-0.05, 0) is 23.1 Å². The largest absolute Gasteiger partial charge is 0.343 e. The Morgan fingerprint density at radius 2 is 1.72 bits per heavy atom. The van der Waals surface area contributed by atoms with Gasteiger partial charge in [0.1, 0.15) is 6.29 Å². The molecule has 3 rings (SSSR count). The quantitative estimate of drug-likeness (QED) is 0.637. The normalized spacial score (nSPS) is 10.7. The Labute approximate surface area is 105 Å². The highest BCUT2D eigenvalue weighted by Crippen LogP contribution is 2.17. The van der Waals surface area contributed by atoms with Gasteiger partial charge in [0, 0.05) is 23.8 Å². The van der Waals surface area contributed by atoms with Gasteiger partial charge in [-0.1, -0.05) is 42.5 Å². The van der Waals surface area contributed by atoms with Crippen LogP contribution in [0.15, 0.2) is 60.8 Å². The maximum absolute atomic E-state index is 11.0. The number of rotatable bonds is 3. The average molecular weight is 235 g/mol. The molecule has 0 saturated carbocycles. The first-order valence-corrected chi connectivity index (χ1v) is 5.95. The fourth-order valence-corrected chi connectivity index (χ4v) is 2.26. The summed E-state index contributed by atoms with van der Waals surface area (Å²) in [6.07, 6.45) is 2.98. The summed E-state index contributed by atoms with van der Waals surface area (Å²) in [5.74, 6) is 0. The maximum Gasteiger partial charge on any atom is 0.150 e. The van der Waals surface area contributed by atoms with E-state index >= 15 is 0 Å². The first-order chi connectivity index (χ1) is 8.88. The van der Waals surface area contributed by atoms with Crippen LogP contribution < -0.4 is 0 Å². The molecular weight excluding hydrogens is 222 g/mol. The fourth-order valence-electron chi connectivity index (χ4n) is 2.26. The smallest absolute Gasteiger partial charge is 0.150 e. The molecule has 2 heteroatoms. The number of nitrogens with zero attached hydrogens (tertiary/aromatic N) is 1. The minimum atomic E-state index is 0.725. The summed E-state index contributed by atoms with van der Waals surface area (Å²) in [6, 6.07) is 18.1. The Hall–Kier alpha value is -2.35. The molecule has 0 N–H and O–H groups in total. The van der Waals surface area contributed by atoms with Crippen molar-refractivity contribution in [1.29, 1.82) is 0 Å². The van der Waals surface area contributed by atoms with Gasteiger partial charge < -0.3 is 4.57 Å². The third-order valence-corrected chi connectivity index (χ3v) is 3.20. The summed E-state index contributed by atoms with van der Waals surface area (Å²) in [7, 11) is 0. The van der Waals surface area contributed by atoms with Crippen LogP contribution in [0.2, 0.25) is 0 Å². The first kappa shape index (κ1) is 10.8. The van der Waals surface area contributed by atoms with E-state index in [1.807, 2.05) is 36.4 Å². The number of aldehydes is 1. The van der Waals surface area contributed by atoms with Crippen molar-refractivity contribution in [2.24, 2.45) is 0 Å². The SMILES string of the molecule is O=Cc1ccccc1Cn1ccc2ccccc21. The second-order valence-corrected chi connectivity index (χ2v) is 4.32. The van der Waals surface area contributed by atoms with Crippen molar-refractivity contribution >= 4 is 17.2 Å². The lowest BCUT2D eigenvalue weighted by Crippen LogP contribution is -2.01. The molecule has 0 saturated heterocycles. The van der Waals surface area contributed by atoms with Crippen molar-refractivity contribution in [3.8, 4) is 0 Å². The van der Waals surface area contributed by atoms with Gasteiger partial charge in [0.15, 0.2) is 0 Å². The Bertz CT molecular complexity index is 697. The van der Waals surface area contributed by atoms with Crippen LogP contribution in [-0.2, 0) is 6.54 Å². The lowest BCUT2D eigenvalue weighted by atomic mass is 10.1. The molecule has 1 heterocycles. The minimum Gasteiger partial charge on any atom is -0.343 e. The molecule has 2 aromatic carbocycles. The van der Waals surface area contributed by atoms with Crippen LogP contribution in [0.5, 0.6) is 0 Å². The van der Waals surface area contributed by atoms with Gasteiger partial charge in [-0.15, -0.1) is 0 Å². The number of carbonyl (C=O) groups excluding carboxylic acids is 1. The fraction of sp³-hybridized carbons (Fsp3) is 0.0625. The lowest BCUT2D eigenvalue weighted by molar-refractivity contribution is 0.112. The number of hydrogen-bond acceptors (Lipinski definition) is 1. The van der Waals surface area contributed by atoms with E-state index in [2.05, 4.69) is 29.0 Å². The van der Waals surface area contributed by atoms with Crippen LogP contribution in [0.4, 0.5) is 0 Å². The van der Waals surface area contributed by atoms with Gasteiger partial charge >= 0.3 is 0 Å². The summed E-state index contributed by atoms with van der Waals surface area (Å²) in [5, 5.41) is 1.22. The van der Waals surface area contributed by atoms with Crippen molar-refractivity contribution in [2.75, 3.05) is 0 Å². The van der Waals surface area contributed by atoms with Gasteiger partial charge in [0.2, 0.25) is 0 Å². The highest BCUT2D eigenvalue weighted by molar-refractivity contribution is 5.80. The lowest BCUT2D eigenvalue weighted by Gasteiger charge is -2.07. The molecule has 0 aliphatic heterocycles. The van der Waals surface area contributed by atoms with E-state index in [0.717, 1.165) is 24.0 Å². The van der Waals surface area contributed by atoms with Gasteiger partial charge in [-0.3, -0.25) is 4.79 Å². The number of hydrogen-bond donors (Lipinski definition) is 0. The van der Waals surface area contributed by atoms with Crippen molar-refractivity contribution in [3.63, 3.8) is 0 Å². The third-order valence-electron chi connectivity index (χ3n) is 3.20. The average Bonchev–Trinajstić information content (AvgIpc) is 2.83. The van der Waals surface area contributed by atoms with Crippen LogP contribution in [0.25, 0.3) is 10.9 Å². The third kappa shape index (κ3) is 1.82.